The van der Waals surface area contributed by atoms with Crippen molar-refractivity contribution >= 4 is 28.9 Å². The van der Waals surface area contributed by atoms with Crippen LogP contribution in [0.5, 0.6) is 0 Å². The molecule has 2 aliphatic rings. The zero-order chi connectivity index (χ0) is 19.5. The average molecular weight is 399 g/mol. The van der Waals surface area contributed by atoms with Gasteiger partial charge < -0.3 is 14.7 Å². The minimum atomic E-state index is 0.0595. The Morgan fingerprint density at radius 1 is 0.964 bits per heavy atom. The Morgan fingerprint density at radius 2 is 1.64 bits per heavy atom. The van der Waals surface area contributed by atoms with Crippen LogP contribution in [0.4, 0.5) is 11.4 Å². The van der Waals surface area contributed by atoms with E-state index in [-0.39, 0.29) is 5.91 Å². The number of piperazine rings is 1. The maximum atomic E-state index is 12.7. The van der Waals surface area contributed by atoms with Crippen LogP contribution in [0.1, 0.15) is 30.3 Å². The minimum absolute atomic E-state index is 0.0595. The molecule has 2 saturated heterocycles. The monoisotopic (exact) mass is 398 g/mol. The summed E-state index contributed by atoms with van der Waals surface area (Å²) in [6.07, 6.45) is 4.01. The number of piperidine rings is 1. The van der Waals surface area contributed by atoms with Crippen molar-refractivity contribution in [3.63, 3.8) is 0 Å². The quantitative estimate of drug-likeness (QED) is 0.785. The van der Waals surface area contributed by atoms with Gasteiger partial charge in [-0.25, -0.2) is 4.98 Å². The second kappa shape index (κ2) is 8.39. The van der Waals surface area contributed by atoms with E-state index in [0.29, 0.717) is 11.6 Å². The first-order valence-corrected chi connectivity index (χ1v) is 10.5. The molecule has 28 heavy (non-hydrogen) atoms. The maximum absolute atomic E-state index is 12.7. The SMILES string of the molecule is CC1CCN(C(=O)c2ccc(N3CCN(c4cccc(Cl)c4)CC3)cn2)CC1. The van der Waals surface area contributed by atoms with Crippen molar-refractivity contribution in [1.29, 1.82) is 0 Å². The van der Waals surface area contributed by atoms with Gasteiger partial charge in [0.1, 0.15) is 5.69 Å². The molecule has 3 heterocycles. The van der Waals surface area contributed by atoms with Gasteiger partial charge in [-0.3, -0.25) is 4.79 Å². The number of halogens is 1. The van der Waals surface area contributed by atoms with E-state index < -0.39 is 0 Å². The highest BCUT2D eigenvalue weighted by Crippen LogP contribution is 2.23. The molecule has 0 bridgehead atoms. The third-order valence-corrected chi connectivity index (χ3v) is 6.09. The van der Waals surface area contributed by atoms with Crippen LogP contribution in [0.15, 0.2) is 42.6 Å². The van der Waals surface area contributed by atoms with Crippen LogP contribution in [-0.4, -0.2) is 55.1 Å². The van der Waals surface area contributed by atoms with Gasteiger partial charge in [-0.2, -0.15) is 0 Å². The third-order valence-electron chi connectivity index (χ3n) is 5.86. The number of pyridine rings is 1. The zero-order valence-electron chi connectivity index (χ0n) is 16.4. The molecule has 6 heteroatoms. The predicted molar refractivity (Wildman–Crippen MR) is 114 cm³/mol. The van der Waals surface area contributed by atoms with Crippen molar-refractivity contribution in [3.8, 4) is 0 Å². The minimum Gasteiger partial charge on any atom is -0.368 e. The molecule has 0 saturated carbocycles. The van der Waals surface area contributed by atoms with Gasteiger partial charge in [-0.1, -0.05) is 24.6 Å². The summed E-state index contributed by atoms with van der Waals surface area (Å²) in [5, 5.41) is 0.771. The van der Waals surface area contributed by atoms with Crippen LogP contribution in [0.3, 0.4) is 0 Å². The van der Waals surface area contributed by atoms with Gasteiger partial charge in [0.15, 0.2) is 0 Å². The maximum Gasteiger partial charge on any atom is 0.272 e. The lowest BCUT2D eigenvalue weighted by molar-refractivity contribution is 0.0691. The van der Waals surface area contributed by atoms with Gasteiger partial charge in [-0.05, 0) is 49.1 Å². The van der Waals surface area contributed by atoms with Crippen LogP contribution in [0.2, 0.25) is 5.02 Å². The molecular weight excluding hydrogens is 372 g/mol. The van der Waals surface area contributed by atoms with Crippen LogP contribution in [-0.2, 0) is 0 Å². The van der Waals surface area contributed by atoms with E-state index in [4.69, 9.17) is 11.6 Å². The second-order valence-corrected chi connectivity index (χ2v) is 8.27. The molecule has 2 aromatic rings. The van der Waals surface area contributed by atoms with E-state index in [1.165, 1.54) is 5.69 Å². The molecule has 0 radical (unpaired) electrons. The van der Waals surface area contributed by atoms with Gasteiger partial charge >= 0.3 is 0 Å². The molecule has 0 unspecified atom stereocenters. The lowest BCUT2D eigenvalue weighted by atomic mass is 9.99. The Balaban J connectivity index is 1.35. The first-order valence-electron chi connectivity index (χ1n) is 10.1. The molecule has 4 rings (SSSR count). The fourth-order valence-electron chi connectivity index (χ4n) is 3.97. The average Bonchev–Trinajstić information content (AvgIpc) is 2.74. The summed E-state index contributed by atoms with van der Waals surface area (Å²) in [6, 6.07) is 11.9. The molecular formula is C22H27ClN4O. The molecule has 148 valence electrons. The summed E-state index contributed by atoms with van der Waals surface area (Å²) in [6.45, 7) is 7.65. The van der Waals surface area contributed by atoms with Crippen molar-refractivity contribution in [2.45, 2.75) is 19.8 Å². The normalized spacial score (nSPS) is 18.4. The number of benzene rings is 1. The standard InChI is InChI=1S/C22H27ClN4O/c1-17-7-9-27(10-8-17)22(28)21-6-5-20(16-24-21)26-13-11-25(12-14-26)19-4-2-3-18(23)15-19/h2-6,15-17H,7-14H2,1H3. The molecule has 1 aromatic heterocycles. The fraction of sp³-hybridized carbons (Fsp3) is 0.455. The smallest absolute Gasteiger partial charge is 0.272 e. The van der Waals surface area contributed by atoms with E-state index in [9.17, 15) is 4.79 Å². The summed E-state index contributed by atoms with van der Waals surface area (Å²) in [7, 11) is 0. The zero-order valence-corrected chi connectivity index (χ0v) is 17.1. The molecule has 5 nitrogen and oxygen atoms in total. The Kier molecular flexibility index (Phi) is 5.72. The van der Waals surface area contributed by atoms with Gasteiger partial charge in [0.05, 0.1) is 11.9 Å². The number of nitrogens with zero attached hydrogens (tertiary/aromatic N) is 4. The van der Waals surface area contributed by atoms with Gasteiger partial charge in [0, 0.05) is 50.0 Å². The van der Waals surface area contributed by atoms with Gasteiger partial charge in [0.25, 0.3) is 5.91 Å². The first kappa shape index (κ1) is 19.1. The van der Waals surface area contributed by atoms with Crippen LogP contribution in [0, 0.1) is 5.92 Å². The van der Waals surface area contributed by atoms with Gasteiger partial charge in [-0.15, -0.1) is 0 Å². The highest BCUT2D eigenvalue weighted by atomic mass is 35.5. The van der Waals surface area contributed by atoms with E-state index in [0.717, 1.165) is 62.8 Å². The fourth-order valence-corrected chi connectivity index (χ4v) is 4.15. The largest absolute Gasteiger partial charge is 0.368 e. The summed E-state index contributed by atoms with van der Waals surface area (Å²) in [4.78, 5) is 23.7. The summed E-state index contributed by atoms with van der Waals surface area (Å²) < 4.78 is 0. The molecule has 0 N–H and O–H groups in total. The molecule has 2 aliphatic heterocycles. The lowest BCUT2D eigenvalue weighted by Crippen LogP contribution is -2.46. The molecule has 0 aliphatic carbocycles. The van der Waals surface area contributed by atoms with Gasteiger partial charge in [0.2, 0.25) is 0 Å². The summed E-state index contributed by atoms with van der Waals surface area (Å²) >= 11 is 6.12. The Morgan fingerprint density at radius 3 is 2.25 bits per heavy atom. The van der Waals surface area contributed by atoms with Crippen LogP contribution < -0.4 is 9.80 Å². The number of anilines is 2. The van der Waals surface area contributed by atoms with Crippen molar-refractivity contribution in [2.75, 3.05) is 49.1 Å². The highest BCUT2D eigenvalue weighted by molar-refractivity contribution is 6.30. The number of likely N-dealkylation sites (tertiary alicyclic amines) is 1. The van der Waals surface area contributed by atoms with E-state index in [2.05, 4.69) is 27.8 Å². The van der Waals surface area contributed by atoms with E-state index in [1.807, 2.05) is 41.4 Å². The van der Waals surface area contributed by atoms with E-state index in [1.54, 1.807) is 0 Å². The highest BCUT2D eigenvalue weighted by Gasteiger charge is 2.23. The van der Waals surface area contributed by atoms with E-state index >= 15 is 0 Å². The molecule has 0 spiro atoms. The van der Waals surface area contributed by atoms with Crippen molar-refractivity contribution in [1.82, 2.24) is 9.88 Å². The van der Waals surface area contributed by atoms with Crippen molar-refractivity contribution in [3.05, 3.63) is 53.3 Å². The number of amides is 1. The van der Waals surface area contributed by atoms with Crippen LogP contribution in [0.25, 0.3) is 0 Å². The molecule has 1 aromatic carbocycles. The Bertz CT molecular complexity index is 810. The number of hydrogen-bond acceptors (Lipinski definition) is 4. The van der Waals surface area contributed by atoms with Crippen molar-refractivity contribution < 1.29 is 4.79 Å². The predicted octanol–water partition coefficient (Wildman–Crippen LogP) is 3.93. The second-order valence-electron chi connectivity index (χ2n) is 7.83. The number of carbonyl (C=O) groups is 1. The third kappa shape index (κ3) is 4.25. The topological polar surface area (TPSA) is 39.7 Å². The van der Waals surface area contributed by atoms with Crippen LogP contribution >= 0.6 is 11.6 Å². The number of carbonyl (C=O) groups excluding carboxylic acids is 1. The summed E-state index contributed by atoms with van der Waals surface area (Å²) in [5.74, 6) is 0.772. The number of aromatic nitrogens is 1. The van der Waals surface area contributed by atoms with Crippen molar-refractivity contribution in [2.24, 2.45) is 5.92 Å². The lowest BCUT2D eigenvalue weighted by Gasteiger charge is -2.37. The Labute approximate surface area is 171 Å². The molecule has 2 fully saturated rings. The summed E-state index contributed by atoms with van der Waals surface area (Å²) in [5.41, 5.74) is 2.80. The number of hydrogen-bond donors (Lipinski definition) is 0. The first-order chi connectivity index (χ1) is 13.6. The number of rotatable bonds is 3. The Hall–Kier alpha value is -2.27. The molecule has 0 atom stereocenters. The molecule has 1 amide bonds.